The standard InChI is InChI=1S/C24H30BrNO4/c1-5-16-26(4)17-15-18(2)7-6-8-19(3)24(20-9-11-21(25)12-10-20)30-23(29)14-13-22(27)28/h5,8-15,24H,1,6-7,16-17H2,2-4H3,(H,27,28). The first-order valence-electron chi connectivity index (χ1n) is 9.71. The topological polar surface area (TPSA) is 66.8 Å². The summed E-state index contributed by atoms with van der Waals surface area (Å²) in [6.45, 7) is 9.48. The van der Waals surface area contributed by atoms with Gasteiger partial charge in [-0.15, -0.1) is 6.58 Å². The molecule has 0 bridgehead atoms. The van der Waals surface area contributed by atoms with E-state index in [1.165, 1.54) is 5.57 Å². The van der Waals surface area contributed by atoms with Crippen LogP contribution in [0.3, 0.4) is 0 Å². The summed E-state index contributed by atoms with van der Waals surface area (Å²) in [5.74, 6) is -1.89. The number of carbonyl (C=O) groups is 2. The summed E-state index contributed by atoms with van der Waals surface area (Å²) in [5.41, 5.74) is 3.00. The number of aliphatic carboxylic acids is 1. The van der Waals surface area contributed by atoms with Crippen LogP contribution in [0.4, 0.5) is 0 Å². The van der Waals surface area contributed by atoms with Gasteiger partial charge >= 0.3 is 11.9 Å². The Balaban J connectivity index is 2.85. The molecular formula is C24H30BrNO4. The highest BCUT2D eigenvalue weighted by Gasteiger charge is 2.17. The summed E-state index contributed by atoms with van der Waals surface area (Å²) in [6, 6.07) is 7.51. The van der Waals surface area contributed by atoms with Gasteiger partial charge in [0.05, 0.1) is 0 Å². The van der Waals surface area contributed by atoms with Crippen LogP contribution < -0.4 is 0 Å². The van der Waals surface area contributed by atoms with Crippen LogP contribution in [0, 0.1) is 0 Å². The zero-order chi connectivity index (χ0) is 22.5. The van der Waals surface area contributed by atoms with Crippen LogP contribution in [0.1, 0.15) is 38.4 Å². The minimum absolute atomic E-state index is 0.577. The van der Waals surface area contributed by atoms with Gasteiger partial charge in [-0.25, -0.2) is 9.59 Å². The number of halogens is 1. The summed E-state index contributed by atoms with van der Waals surface area (Å²) in [4.78, 5) is 24.9. The number of carboxylic acid groups (broad SMARTS) is 1. The molecular weight excluding hydrogens is 446 g/mol. The maximum atomic E-state index is 12.1. The van der Waals surface area contributed by atoms with Crippen molar-refractivity contribution in [3.63, 3.8) is 0 Å². The summed E-state index contributed by atoms with van der Waals surface area (Å²) in [7, 11) is 2.05. The van der Waals surface area contributed by atoms with Crippen LogP contribution >= 0.6 is 15.9 Å². The predicted molar refractivity (Wildman–Crippen MR) is 124 cm³/mol. The van der Waals surface area contributed by atoms with Crippen LogP contribution in [0.5, 0.6) is 0 Å². The fraction of sp³-hybridized carbons (Fsp3) is 0.333. The van der Waals surface area contributed by atoms with Crippen LogP contribution in [0.15, 0.2) is 76.8 Å². The molecule has 162 valence electrons. The van der Waals surface area contributed by atoms with Gasteiger partial charge in [0, 0.05) is 29.7 Å². The van der Waals surface area contributed by atoms with Gasteiger partial charge in [0.15, 0.2) is 0 Å². The highest BCUT2D eigenvalue weighted by molar-refractivity contribution is 9.10. The molecule has 0 saturated heterocycles. The van der Waals surface area contributed by atoms with Crippen molar-refractivity contribution in [3.05, 3.63) is 82.4 Å². The molecule has 0 radical (unpaired) electrons. The van der Waals surface area contributed by atoms with Gasteiger partial charge < -0.3 is 9.84 Å². The van der Waals surface area contributed by atoms with Crippen molar-refractivity contribution in [1.82, 2.24) is 4.90 Å². The molecule has 0 amide bonds. The van der Waals surface area contributed by atoms with Gasteiger partial charge in [-0.3, -0.25) is 4.90 Å². The number of hydrogen-bond acceptors (Lipinski definition) is 4. The maximum Gasteiger partial charge on any atom is 0.331 e. The largest absolute Gasteiger partial charge is 0.478 e. The second kappa shape index (κ2) is 13.7. The third kappa shape index (κ3) is 10.4. The molecule has 0 spiro atoms. The van der Waals surface area contributed by atoms with E-state index in [0.29, 0.717) is 0 Å². The molecule has 5 nitrogen and oxygen atoms in total. The first kappa shape index (κ1) is 25.6. The molecule has 0 heterocycles. The van der Waals surface area contributed by atoms with Gasteiger partial charge in [-0.05, 0) is 57.0 Å². The molecule has 6 heteroatoms. The quantitative estimate of drug-likeness (QED) is 0.246. The van der Waals surface area contributed by atoms with Gasteiger partial charge in [-0.1, -0.05) is 51.9 Å². The molecule has 1 rings (SSSR count). The Morgan fingerprint density at radius 2 is 1.83 bits per heavy atom. The number of esters is 1. The third-order valence-corrected chi connectivity index (χ3v) is 4.91. The van der Waals surface area contributed by atoms with Gasteiger partial charge in [0.1, 0.15) is 6.10 Å². The van der Waals surface area contributed by atoms with Crippen molar-refractivity contribution in [2.75, 3.05) is 20.1 Å². The number of carboxylic acids is 1. The van der Waals surface area contributed by atoms with Crippen LogP contribution in [-0.2, 0) is 14.3 Å². The monoisotopic (exact) mass is 475 g/mol. The molecule has 1 aromatic rings. The molecule has 0 aromatic heterocycles. The lowest BCUT2D eigenvalue weighted by Crippen LogP contribution is -2.18. The van der Waals surface area contributed by atoms with E-state index in [-0.39, 0.29) is 0 Å². The van der Waals surface area contributed by atoms with Crippen molar-refractivity contribution in [3.8, 4) is 0 Å². The zero-order valence-electron chi connectivity index (χ0n) is 17.8. The molecule has 0 aliphatic rings. The number of rotatable bonds is 12. The molecule has 0 fully saturated rings. The highest BCUT2D eigenvalue weighted by atomic mass is 79.9. The van der Waals surface area contributed by atoms with Crippen LogP contribution in [0.2, 0.25) is 0 Å². The molecule has 0 saturated carbocycles. The fourth-order valence-corrected chi connectivity index (χ4v) is 2.96. The van der Waals surface area contributed by atoms with Crippen LogP contribution in [-0.4, -0.2) is 42.1 Å². The molecule has 0 aliphatic carbocycles. The Bertz CT molecular complexity index is 809. The third-order valence-electron chi connectivity index (χ3n) is 4.38. The maximum absolute atomic E-state index is 12.1. The molecule has 1 aromatic carbocycles. The zero-order valence-corrected chi connectivity index (χ0v) is 19.4. The number of ether oxygens (including phenoxy) is 1. The van der Waals surface area contributed by atoms with Gasteiger partial charge in [-0.2, -0.15) is 0 Å². The lowest BCUT2D eigenvalue weighted by molar-refractivity contribution is -0.142. The lowest BCUT2D eigenvalue weighted by Gasteiger charge is -2.19. The number of allylic oxidation sites excluding steroid dienone is 2. The summed E-state index contributed by atoms with van der Waals surface area (Å²) >= 11 is 3.40. The Morgan fingerprint density at radius 3 is 2.43 bits per heavy atom. The second-order valence-corrected chi connectivity index (χ2v) is 8.00. The molecule has 1 atom stereocenters. The Kier molecular flexibility index (Phi) is 11.7. The highest BCUT2D eigenvalue weighted by Crippen LogP contribution is 2.28. The van der Waals surface area contributed by atoms with Crippen molar-refractivity contribution >= 4 is 27.9 Å². The molecule has 1 N–H and O–H groups in total. The Labute approximate surface area is 187 Å². The van der Waals surface area contributed by atoms with Crippen molar-refractivity contribution in [2.24, 2.45) is 0 Å². The average Bonchev–Trinajstić information content (AvgIpc) is 2.70. The summed E-state index contributed by atoms with van der Waals surface area (Å²) in [6.07, 6.45) is 8.98. The molecule has 0 aliphatic heterocycles. The van der Waals surface area contributed by atoms with E-state index in [4.69, 9.17) is 9.84 Å². The smallest absolute Gasteiger partial charge is 0.331 e. The number of carbonyl (C=O) groups excluding carboxylic acids is 1. The minimum atomic E-state index is -1.19. The predicted octanol–water partition coefficient (Wildman–Crippen LogP) is 5.46. The minimum Gasteiger partial charge on any atom is -0.478 e. The summed E-state index contributed by atoms with van der Waals surface area (Å²) in [5, 5.41) is 8.70. The number of likely N-dealkylation sites (N-methyl/N-ethyl adjacent to an activating group) is 1. The average molecular weight is 476 g/mol. The second-order valence-electron chi connectivity index (χ2n) is 7.09. The van der Waals surface area contributed by atoms with Crippen LogP contribution in [0.25, 0.3) is 0 Å². The Hall–Kier alpha value is -2.44. The summed E-state index contributed by atoms with van der Waals surface area (Å²) < 4.78 is 6.47. The fourth-order valence-electron chi connectivity index (χ4n) is 2.70. The molecule has 1 unspecified atom stereocenters. The number of nitrogens with zero attached hydrogens (tertiary/aromatic N) is 1. The SMILES string of the molecule is C=CCN(C)CC=C(C)CCC=C(C)C(OC(=O)C=CC(=O)O)c1ccc(Br)cc1. The normalized spacial score (nSPS) is 13.5. The van der Waals surface area contributed by atoms with E-state index in [1.807, 2.05) is 44.3 Å². The van der Waals surface area contributed by atoms with Crippen molar-refractivity contribution in [2.45, 2.75) is 32.8 Å². The van der Waals surface area contributed by atoms with Crippen molar-refractivity contribution in [1.29, 1.82) is 0 Å². The van der Waals surface area contributed by atoms with E-state index in [2.05, 4.69) is 46.5 Å². The number of hydrogen-bond donors (Lipinski definition) is 1. The van der Waals surface area contributed by atoms with E-state index >= 15 is 0 Å². The number of benzene rings is 1. The van der Waals surface area contributed by atoms with Crippen molar-refractivity contribution < 1.29 is 19.4 Å². The van der Waals surface area contributed by atoms with E-state index < -0.39 is 18.0 Å². The lowest BCUT2D eigenvalue weighted by atomic mass is 10.0. The molecule has 30 heavy (non-hydrogen) atoms. The van der Waals surface area contributed by atoms with Gasteiger partial charge in [0.25, 0.3) is 0 Å². The van der Waals surface area contributed by atoms with Gasteiger partial charge in [0.2, 0.25) is 0 Å². The first-order chi connectivity index (χ1) is 14.2. The Morgan fingerprint density at radius 1 is 1.17 bits per heavy atom. The van der Waals surface area contributed by atoms with E-state index in [0.717, 1.165) is 53.7 Å². The van der Waals surface area contributed by atoms with E-state index in [9.17, 15) is 9.59 Å². The van der Waals surface area contributed by atoms with E-state index in [1.54, 1.807) is 0 Å². The first-order valence-corrected chi connectivity index (χ1v) is 10.5.